The molecule has 0 saturated heterocycles. The lowest BCUT2D eigenvalue weighted by Gasteiger charge is -2.35. The molecular formula is C32H66O2. The average Bonchev–Trinajstić information content (AvgIpc) is 2.78. The Kier molecular flexibility index (Phi) is 15.9. The molecule has 0 N–H and O–H groups in total. The topological polar surface area (TPSA) is 18.5 Å². The van der Waals surface area contributed by atoms with Crippen LogP contribution in [0.25, 0.3) is 0 Å². The standard InChI is InChI=1S/C32H66O2/c1-13-29(5,6)23-19-17-21-27(31(9,10)15-3)25-33-34-26-28(32(11,12)16-4)22-18-20-24-30(7,8)14-2/h27-28H,13-26H2,1-12H3. The maximum Gasteiger partial charge on any atom is 0.0855 e. The lowest BCUT2D eigenvalue weighted by atomic mass is 9.74. The lowest BCUT2D eigenvalue weighted by Crippen LogP contribution is -2.30. The minimum Gasteiger partial charge on any atom is -0.236 e. The third-order valence-corrected chi connectivity index (χ3v) is 9.88. The van der Waals surface area contributed by atoms with Crippen molar-refractivity contribution >= 4 is 0 Å². The third kappa shape index (κ3) is 13.9. The molecule has 0 amide bonds. The van der Waals surface area contributed by atoms with Crippen molar-refractivity contribution in [1.29, 1.82) is 0 Å². The van der Waals surface area contributed by atoms with E-state index in [9.17, 15) is 0 Å². The highest BCUT2D eigenvalue weighted by Gasteiger charge is 2.30. The number of hydrogen-bond acceptors (Lipinski definition) is 2. The molecule has 0 heterocycles. The van der Waals surface area contributed by atoms with E-state index in [0.717, 1.165) is 13.2 Å². The molecule has 0 radical (unpaired) electrons. The molecule has 206 valence electrons. The quantitative estimate of drug-likeness (QED) is 0.0919. The summed E-state index contributed by atoms with van der Waals surface area (Å²) in [6, 6.07) is 0. The molecule has 0 aliphatic carbocycles. The first-order valence-electron chi connectivity index (χ1n) is 14.9. The molecule has 2 heteroatoms. The van der Waals surface area contributed by atoms with Crippen LogP contribution >= 0.6 is 0 Å². The van der Waals surface area contributed by atoms with E-state index in [0.29, 0.717) is 22.7 Å². The molecular weight excluding hydrogens is 416 g/mol. The van der Waals surface area contributed by atoms with E-state index < -0.39 is 0 Å². The number of hydrogen-bond donors (Lipinski definition) is 0. The van der Waals surface area contributed by atoms with Gasteiger partial charge in [0.05, 0.1) is 13.2 Å². The molecule has 2 nitrogen and oxygen atoms in total. The first kappa shape index (κ1) is 33.9. The summed E-state index contributed by atoms with van der Waals surface area (Å²) in [5.41, 5.74) is 1.53. The van der Waals surface area contributed by atoms with Gasteiger partial charge < -0.3 is 0 Å². The SMILES string of the molecule is CCC(C)(C)CCCCC(COOCC(CCCCC(C)(C)CC)C(C)(C)CC)C(C)(C)CC. The van der Waals surface area contributed by atoms with Crippen molar-refractivity contribution < 1.29 is 9.78 Å². The Labute approximate surface area is 216 Å². The van der Waals surface area contributed by atoms with E-state index in [1.54, 1.807) is 0 Å². The normalized spacial score (nSPS) is 15.5. The van der Waals surface area contributed by atoms with Crippen molar-refractivity contribution in [2.75, 3.05) is 13.2 Å². The van der Waals surface area contributed by atoms with Gasteiger partial charge in [-0.1, -0.05) is 134 Å². The van der Waals surface area contributed by atoms with Gasteiger partial charge in [0.2, 0.25) is 0 Å². The van der Waals surface area contributed by atoms with Gasteiger partial charge in [0.25, 0.3) is 0 Å². The zero-order valence-electron chi connectivity index (χ0n) is 25.9. The molecule has 0 saturated carbocycles. The van der Waals surface area contributed by atoms with Crippen molar-refractivity contribution in [2.45, 2.75) is 160 Å². The molecule has 0 spiro atoms. The molecule has 0 aromatic carbocycles. The summed E-state index contributed by atoms with van der Waals surface area (Å²) in [7, 11) is 0. The van der Waals surface area contributed by atoms with Crippen molar-refractivity contribution in [2.24, 2.45) is 33.5 Å². The molecule has 0 aromatic heterocycles. The molecule has 0 rings (SSSR count). The molecule has 2 atom stereocenters. The second kappa shape index (κ2) is 15.9. The molecule has 34 heavy (non-hydrogen) atoms. The first-order valence-corrected chi connectivity index (χ1v) is 14.9. The summed E-state index contributed by atoms with van der Waals surface area (Å²) in [5.74, 6) is 1.10. The highest BCUT2D eigenvalue weighted by molar-refractivity contribution is 4.79. The van der Waals surface area contributed by atoms with Gasteiger partial charge in [-0.25, -0.2) is 9.78 Å². The Balaban J connectivity index is 4.70. The molecule has 2 unspecified atom stereocenters. The largest absolute Gasteiger partial charge is 0.236 e. The summed E-state index contributed by atoms with van der Waals surface area (Å²) in [6.07, 6.45) is 15.2. The first-order chi connectivity index (χ1) is 15.7. The summed E-state index contributed by atoms with van der Waals surface area (Å²) < 4.78 is 0. The predicted molar refractivity (Wildman–Crippen MR) is 152 cm³/mol. The van der Waals surface area contributed by atoms with Crippen LogP contribution < -0.4 is 0 Å². The minimum absolute atomic E-state index is 0.289. The van der Waals surface area contributed by atoms with Crippen LogP contribution in [0.5, 0.6) is 0 Å². The Hall–Kier alpha value is -0.0800. The molecule has 0 fully saturated rings. The van der Waals surface area contributed by atoms with Gasteiger partial charge in [0.1, 0.15) is 0 Å². The molecule has 0 aromatic rings. The van der Waals surface area contributed by atoms with Crippen LogP contribution in [0.15, 0.2) is 0 Å². The smallest absolute Gasteiger partial charge is 0.0855 e. The van der Waals surface area contributed by atoms with Crippen LogP contribution in [0.2, 0.25) is 0 Å². The monoisotopic (exact) mass is 483 g/mol. The lowest BCUT2D eigenvalue weighted by molar-refractivity contribution is -0.316. The summed E-state index contributed by atoms with van der Waals surface area (Å²) >= 11 is 0. The van der Waals surface area contributed by atoms with Gasteiger partial charge in [-0.2, -0.15) is 0 Å². The average molecular weight is 483 g/mol. The number of unbranched alkanes of at least 4 members (excludes halogenated alkanes) is 2. The van der Waals surface area contributed by atoms with Crippen LogP contribution in [-0.2, 0) is 9.78 Å². The van der Waals surface area contributed by atoms with Crippen LogP contribution in [0.1, 0.15) is 160 Å². The minimum atomic E-state index is 0.289. The number of rotatable bonds is 21. The van der Waals surface area contributed by atoms with Crippen LogP contribution in [-0.4, -0.2) is 13.2 Å². The van der Waals surface area contributed by atoms with Crippen LogP contribution in [0.3, 0.4) is 0 Å². The maximum atomic E-state index is 5.95. The summed E-state index contributed by atoms with van der Waals surface area (Å²) in [5, 5.41) is 0. The highest BCUT2D eigenvalue weighted by Crippen LogP contribution is 2.37. The fourth-order valence-electron chi connectivity index (χ4n) is 4.58. The van der Waals surface area contributed by atoms with E-state index in [1.165, 1.54) is 77.0 Å². The van der Waals surface area contributed by atoms with Gasteiger partial charge in [0, 0.05) is 0 Å². The predicted octanol–water partition coefficient (Wildman–Crippen LogP) is 11.0. The maximum absolute atomic E-state index is 5.95. The Morgan fingerprint density at radius 3 is 1.06 bits per heavy atom. The zero-order valence-corrected chi connectivity index (χ0v) is 25.9. The second-order valence-corrected chi connectivity index (χ2v) is 14.2. The van der Waals surface area contributed by atoms with Gasteiger partial charge in [-0.15, -0.1) is 0 Å². The van der Waals surface area contributed by atoms with Crippen molar-refractivity contribution in [3.05, 3.63) is 0 Å². The van der Waals surface area contributed by atoms with E-state index in [-0.39, 0.29) is 10.8 Å². The van der Waals surface area contributed by atoms with Crippen molar-refractivity contribution in [1.82, 2.24) is 0 Å². The van der Waals surface area contributed by atoms with E-state index in [1.807, 2.05) is 0 Å². The van der Waals surface area contributed by atoms with Crippen LogP contribution in [0, 0.1) is 33.5 Å². The van der Waals surface area contributed by atoms with Crippen molar-refractivity contribution in [3.8, 4) is 0 Å². The third-order valence-electron chi connectivity index (χ3n) is 9.88. The van der Waals surface area contributed by atoms with Gasteiger partial charge in [-0.05, 0) is 59.2 Å². The Morgan fingerprint density at radius 1 is 0.471 bits per heavy atom. The van der Waals surface area contributed by atoms with E-state index in [4.69, 9.17) is 9.78 Å². The van der Waals surface area contributed by atoms with Gasteiger partial charge in [0.15, 0.2) is 0 Å². The fourth-order valence-corrected chi connectivity index (χ4v) is 4.58. The Morgan fingerprint density at radius 2 is 0.794 bits per heavy atom. The fraction of sp³-hybridized carbons (Fsp3) is 1.00. The Bertz CT molecular complexity index is 457. The zero-order chi connectivity index (χ0) is 26.5. The molecule has 0 aliphatic heterocycles. The van der Waals surface area contributed by atoms with Gasteiger partial charge in [-0.3, -0.25) is 0 Å². The second-order valence-electron chi connectivity index (χ2n) is 14.2. The molecule has 0 bridgehead atoms. The van der Waals surface area contributed by atoms with Crippen molar-refractivity contribution in [3.63, 3.8) is 0 Å². The summed E-state index contributed by atoms with van der Waals surface area (Å²) in [6.45, 7) is 29.9. The summed E-state index contributed by atoms with van der Waals surface area (Å²) in [4.78, 5) is 11.9. The van der Waals surface area contributed by atoms with Crippen LogP contribution in [0.4, 0.5) is 0 Å². The van der Waals surface area contributed by atoms with E-state index in [2.05, 4.69) is 83.1 Å². The van der Waals surface area contributed by atoms with E-state index >= 15 is 0 Å². The molecule has 0 aliphatic rings. The highest BCUT2D eigenvalue weighted by atomic mass is 17.2. The van der Waals surface area contributed by atoms with Gasteiger partial charge >= 0.3 is 0 Å².